The molecular formula is C19H25N3OS. The maximum atomic E-state index is 12.6. The van der Waals surface area contributed by atoms with Crippen LogP contribution in [0.2, 0.25) is 0 Å². The minimum absolute atomic E-state index is 0.0213. The van der Waals surface area contributed by atoms with E-state index in [0.29, 0.717) is 0 Å². The van der Waals surface area contributed by atoms with Crippen molar-refractivity contribution in [2.45, 2.75) is 39.3 Å². The van der Waals surface area contributed by atoms with Crippen LogP contribution in [0.25, 0.3) is 0 Å². The normalized spacial score (nSPS) is 19.8. The quantitative estimate of drug-likeness (QED) is 0.903. The van der Waals surface area contributed by atoms with E-state index in [0.717, 1.165) is 43.2 Å². The summed E-state index contributed by atoms with van der Waals surface area (Å²) in [6.45, 7) is 6.83. The third-order valence-corrected chi connectivity index (χ3v) is 5.36. The molecule has 1 aromatic heterocycles. The van der Waals surface area contributed by atoms with E-state index in [4.69, 9.17) is 0 Å². The first-order valence-electron chi connectivity index (χ1n) is 8.60. The fourth-order valence-corrected chi connectivity index (χ4v) is 3.95. The Bertz CT molecular complexity index is 670. The summed E-state index contributed by atoms with van der Waals surface area (Å²) in [5.74, 6) is 0.232. The molecule has 1 N–H and O–H groups in total. The van der Waals surface area contributed by atoms with Crippen molar-refractivity contribution in [3.05, 3.63) is 52.0 Å². The number of nitrogens with one attached hydrogen (secondary N) is 1. The van der Waals surface area contributed by atoms with Gasteiger partial charge in [0.25, 0.3) is 0 Å². The van der Waals surface area contributed by atoms with Crippen LogP contribution in [0.15, 0.2) is 35.7 Å². The molecule has 0 aliphatic carbocycles. The lowest BCUT2D eigenvalue weighted by Gasteiger charge is -2.32. The standard InChI is InChI=1S/C19H25N3OS/c1-14(18-13-24-15(2)21-18)20-19(23)17-9-6-10-22(12-17)11-16-7-4-3-5-8-16/h3-5,7-8,13-14,17H,6,9-12H2,1-2H3,(H,20,23). The molecule has 0 saturated carbocycles. The van der Waals surface area contributed by atoms with Crippen molar-refractivity contribution >= 4 is 17.2 Å². The van der Waals surface area contributed by atoms with Gasteiger partial charge in [-0.1, -0.05) is 30.3 Å². The maximum absolute atomic E-state index is 12.6. The van der Waals surface area contributed by atoms with Crippen molar-refractivity contribution in [2.75, 3.05) is 13.1 Å². The number of piperidine rings is 1. The van der Waals surface area contributed by atoms with Crippen LogP contribution in [0.1, 0.15) is 42.1 Å². The summed E-state index contributed by atoms with van der Waals surface area (Å²) in [7, 11) is 0. The van der Waals surface area contributed by atoms with Crippen LogP contribution in [-0.4, -0.2) is 28.9 Å². The highest BCUT2D eigenvalue weighted by atomic mass is 32.1. The predicted octanol–water partition coefficient (Wildman–Crippen LogP) is 3.54. The van der Waals surface area contributed by atoms with Gasteiger partial charge in [0.1, 0.15) is 0 Å². The summed E-state index contributed by atoms with van der Waals surface area (Å²) >= 11 is 1.63. The first-order chi connectivity index (χ1) is 11.6. The van der Waals surface area contributed by atoms with Crippen LogP contribution >= 0.6 is 11.3 Å². The molecule has 2 aromatic rings. The van der Waals surface area contributed by atoms with Crippen molar-refractivity contribution in [3.8, 4) is 0 Å². The summed E-state index contributed by atoms with van der Waals surface area (Å²) in [5, 5.41) is 6.21. The number of nitrogens with zero attached hydrogens (tertiary/aromatic N) is 2. The van der Waals surface area contributed by atoms with Crippen LogP contribution in [0, 0.1) is 12.8 Å². The fraction of sp³-hybridized carbons (Fsp3) is 0.474. The van der Waals surface area contributed by atoms with Gasteiger partial charge >= 0.3 is 0 Å². The van der Waals surface area contributed by atoms with Crippen LogP contribution in [0.3, 0.4) is 0 Å². The van der Waals surface area contributed by atoms with E-state index in [-0.39, 0.29) is 17.9 Å². The molecule has 2 unspecified atom stereocenters. The number of carbonyl (C=O) groups is 1. The number of amides is 1. The number of hydrogen-bond acceptors (Lipinski definition) is 4. The Labute approximate surface area is 147 Å². The number of aryl methyl sites for hydroxylation is 1. The van der Waals surface area contributed by atoms with Crippen molar-refractivity contribution in [2.24, 2.45) is 5.92 Å². The van der Waals surface area contributed by atoms with Gasteiger partial charge in [-0.2, -0.15) is 0 Å². The van der Waals surface area contributed by atoms with Gasteiger partial charge in [0.05, 0.1) is 22.7 Å². The van der Waals surface area contributed by atoms with Crippen molar-refractivity contribution < 1.29 is 4.79 Å². The summed E-state index contributed by atoms with van der Waals surface area (Å²) in [4.78, 5) is 19.5. The highest BCUT2D eigenvalue weighted by Gasteiger charge is 2.27. The summed E-state index contributed by atoms with van der Waals surface area (Å²) in [5.41, 5.74) is 2.27. The molecule has 1 fully saturated rings. The molecule has 1 aromatic carbocycles. The number of likely N-dealkylation sites (tertiary alicyclic amines) is 1. The molecule has 0 bridgehead atoms. The second kappa shape index (κ2) is 7.90. The Hall–Kier alpha value is -1.72. The first kappa shape index (κ1) is 17.1. The minimum Gasteiger partial charge on any atom is -0.348 e. The molecule has 4 nitrogen and oxygen atoms in total. The second-order valence-electron chi connectivity index (χ2n) is 6.58. The van der Waals surface area contributed by atoms with Crippen LogP contribution in [0.5, 0.6) is 0 Å². The fourth-order valence-electron chi connectivity index (χ4n) is 3.24. The third kappa shape index (κ3) is 4.42. The van der Waals surface area contributed by atoms with Gasteiger partial charge in [-0.25, -0.2) is 4.98 Å². The topological polar surface area (TPSA) is 45.2 Å². The largest absolute Gasteiger partial charge is 0.348 e. The van der Waals surface area contributed by atoms with Gasteiger partial charge in [-0.15, -0.1) is 11.3 Å². The highest BCUT2D eigenvalue weighted by Crippen LogP contribution is 2.21. The van der Waals surface area contributed by atoms with Crippen LogP contribution < -0.4 is 5.32 Å². The lowest BCUT2D eigenvalue weighted by atomic mass is 9.96. The van der Waals surface area contributed by atoms with Gasteiger partial charge in [0, 0.05) is 18.5 Å². The number of rotatable bonds is 5. The van der Waals surface area contributed by atoms with E-state index in [1.54, 1.807) is 11.3 Å². The zero-order valence-electron chi connectivity index (χ0n) is 14.4. The number of aromatic nitrogens is 1. The molecule has 3 rings (SSSR count). The predicted molar refractivity (Wildman–Crippen MR) is 97.9 cm³/mol. The van der Waals surface area contributed by atoms with Gasteiger partial charge in [-0.3, -0.25) is 9.69 Å². The lowest BCUT2D eigenvalue weighted by molar-refractivity contribution is -0.127. The second-order valence-corrected chi connectivity index (χ2v) is 7.64. The molecule has 2 heterocycles. The number of hydrogen-bond donors (Lipinski definition) is 1. The molecule has 24 heavy (non-hydrogen) atoms. The van der Waals surface area contributed by atoms with Gasteiger partial charge in [0.15, 0.2) is 0 Å². The van der Waals surface area contributed by atoms with Gasteiger partial charge < -0.3 is 5.32 Å². The molecule has 0 spiro atoms. The van der Waals surface area contributed by atoms with Crippen molar-refractivity contribution in [1.82, 2.24) is 15.2 Å². The number of thiazole rings is 1. The Kier molecular flexibility index (Phi) is 5.63. The number of carbonyl (C=O) groups excluding carboxylic acids is 1. The van der Waals surface area contributed by atoms with Gasteiger partial charge in [0.2, 0.25) is 5.91 Å². The molecule has 1 amide bonds. The Morgan fingerprint density at radius 2 is 2.21 bits per heavy atom. The average Bonchev–Trinajstić information content (AvgIpc) is 3.03. The first-order valence-corrected chi connectivity index (χ1v) is 9.48. The zero-order chi connectivity index (χ0) is 16.9. The van der Waals surface area contributed by atoms with E-state index in [9.17, 15) is 4.79 Å². The van der Waals surface area contributed by atoms with E-state index in [2.05, 4.69) is 39.5 Å². The lowest BCUT2D eigenvalue weighted by Crippen LogP contribution is -2.43. The molecule has 1 saturated heterocycles. The van der Waals surface area contributed by atoms with Crippen LogP contribution in [-0.2, 0) is 11.3 Å². The van der Waals surface area contributed by atoms with Crippen LogP contribution in [0.4, 0.5) is 0 Å². The van der Waals surface area contributed by atoms with E-state index in [1.807, 2.05) is 25.3 Å². The Balaban J connectivity index is 1.55. The molecule has 5 heteroatoms. The highest BCUT2D eigenvalue weighted by molar-refractivity contribution is 7.09. The third-order valence-electron chi connectivity index (χ3n) is 4.56. The molecule has 1 aliphatic rings. The molecule has 0 radical (unpaired) electrons. The average molecular weight is 343 g/mol. The Morgan fingerprint density at radius 3 is 2.92 bits per heavy atom. The van der Waals surface area contributed by atoms with Gasteiger partial charge in [-0.05, 0) is 38.8 Å². The zero-order valence-corrected chi connectivity index (χ0v) is 15.2. The summed E-state index contributed by atoms with van der Waals surface area (Å²) in [6.07, 6.45) is 2.05. The number of benzene rings is 1. The van der Waals surface area contributed by atoms with Crippen molar-refractivity contribution in [3.63, 3.8) is 0 Å². The molecule has 2 atom stereocenters. The SMILES string of the molecule is Cc1nc(C(C)NC(=O)C2CCCN(Cc3ccccc3)C2)cs1. The smallest absolute Gasteiger partial charge is 0.224 e. The van der Waals surface area contributed by atoms with E-state index in [1.165, 1.54) is 5.56 Å². The van der Waals surface area contributed by atoms with E-state index >= 15 is 0 Å². The maximum Gasteiger partial charge on any atom is 0.224 e. The minimum atomic E-state index is -0.0213. The molecular weight excluding hydrogens is 318 g/mol. The summed E-state index contributed by atoms with van der Waals surface area (Å²) < 4.78 is 0. The summed E-state index contributed by atoms with van der Waals surface area (Å²) in [6, 6.07) is 10.5. The van der Waals surface area contributed by atoms with Crippen molar-refractivity contribution in [1.29, 1.82) is 0 Å². The Morgan fingerprint density at radius 1 is 1.42 bits per heavy atom. The van der Waals surface area contributed by atoms with E-state index < -0.39 is 0 Å². The molecule has 1 aliphatic heterocycles. The molecule has 128 valence electrons. The monoisotopic (exact) mass is 343 g/mol.